The summed E-state index contributed by atoms with van der Waals surface area (Å²) < 4.78 is 6.25. The number of aryl methyl sites for hydroxylation is 1. The van der Waals surface area contributed by atoms with Crippen LogP contribution in [0.1, 0.15) is 30.9 Å². The van der Waals surface area contributed by atoms with E-state index in [9.17, 15) is 4.79 Å². The predicted molar refractivity (Wildman–Crippen MR) is 102 cm³/mol. The summed E-state index contributed by atoms with van der Waals surface area (Å²) in [6.07, 6.45) is 5.65. The van der Waals surface area contributed by atoms with Crippen LogP contribution in [-0.2, 0) is 11.2 Å². The lowest BCUT2D eigenvalue weighted by atomic mass is 9.90. The van der Waals surface area contributed by atoms with Gasteiger partial charge in [-0.1, -0.05) is 17.7 Å². The van der Waals surface area contributed by atoms with Crippen molar-refractivity contribution in [3.63, 3.8) is 0 Å². The van der Waals surface area contributed by atoms with Crippen LogP contribution >= 0.6 is 0 Å². The maximum absolute atomic E-state index is 13.1. The molecule has 1 aliphatic heterocycles. The Morgan fingerprint density at radius 2 is 1.85 bits per heavy atom. The first-order valence-corrected chi connectivity index (χ1v) is 9.24. The molecular weight excluding hydrogens is 326 g/mol. The highest BCUT2D eigenvalue weighted by molar-refractivity contribution is 5.86. The van der Waals surface area contributed by atoms with Crippen LogP contribution in [0.5, 0.6) is 5.75 Å². The van der Waals surface area contributed by atoms with E-state index in [0.717, 1.165) is 30.8 Å². The zero-order chi connectivity index (χ0) is 18.4. The molecule has 5 nitrogen and oxygen atoms in total. The van der Waals surface area contributed by atoms with E-state index in [1.165, 1.54) is 5.56 Å². The summed E-state index contributed by atoms with van der Waals surface area (Å²) in [5.41, 5.74) is 1.52. The molecule has 3 rings (SSSR count). The normalized spacial score (nSPS) is 17.3. The van der Waals surface area contributed by atoms with Crippen LogP contribution in [0.15, 0.2) is 48.8 Å². The van der Waals surface area contributed by atoms with Gasteiger partial charge in [-0.25, -0.2) is 0 Å². The Morgan fingerprint density at radius 1 is 1.19 bits per heavy atom. The quantitative estimate of drug-likeness (QED) is 0.838. The molecule has 0 saturated carbocycles. The summed E-state index contributed by atoms with van der Waals surface area (Å²) in [5, 5.41) is 6.47. The third kappa shape index (κ3) is 4.61. The van der Waals surface area contributed by atoms with Gasteiger partial charge in [0.05, 0.1) is 0 Å². The van der Waals surface area contributed by atoms with Gasteiger partial charge in [-0.05, 0) is 63.2 Å². The first-order chi connectivity index (χ1) is 12.6. The van der Waals surface area contributed by atoms with E-state index in [-0.39, 0.29) is 11.9 Å². The third-order valence-corrected chi connectivity index (χ3v) is 4.83. The molecule has 138 valence electrons. The summed E-state index contributed by atoms with van der Waals surface area (Å²) in [4.78, 5) is 17.2. The van der Waals surface area contributed by atoms with E-state index in [1.54, 1.807) is 12.4 Å². The summed E-state index contributed by atoms with van der Waals surface area (Å²) in [6.45, 7) is 5.62. The molecule has 1 saturated heterocycles. The Bertz CT molecular complexity index is 710. The van der Waals surface area contributed by atoms with Crippen LogP contribution < -0.4 is 15.4 Å². The Labute approximate surface area is 155 Å². The molecule has 0 bridgehead atoms. The summed E-state index contributed by atoms with van der Waals surface area (Å²) in [7, 11) is 0. The molecule has 2 N–H and O–H groups in total. The molecule has 0 aliphatic carbocycles. The van der Waals surface area contributed by atoms with Gasteiger partial charge in [-0.15, -0.1) is 0 Å². The van der Waals surface area contributed by atoms with Gasteiger partial charge in [0.25, 0.3) is 5.91 Å². The number of pyridine rings is 1. The Morgan fingerprint density at radius 3 is 2.50 bits per heavy atom. The molecule has 1 unspecified atom stereocenters. The van der Waals surface area contributed by atoms with Crippen molar-refractivity contribution in [2.45, 2.75) is 44.8 Å². The minimum Gasteiger partial charge on any atom is -0.477 e. The van der Waals surface area contributed by atoms with Crippen molar-refractivity contribution in [2.75, 3.05) is 13.1 Å². The number of aromatic nitrogens is 1. The minimum atomic E-state index is -0.812. The number of hydrogen-bond donors (Lipinski definition) is 2. The lowest BCUT2D eigenvalue weighted by Crippen LogP contribution is -2.58. The van der Waals surface area contributed by atoms with Crippen molar-refractivity contribution in [1.29, 1.82) is 0 Å². The largest absolute Gasteiger partial charge is 0.477 e. The molecule has 1 fully saturated rings. The monoisotopic (exact) mass is 353 g/mol. The smallest absolute Gasteiger partial charge is 0.264 e. The van der Waals surface area contributed by atoms with Crippen molar-refractivity contribution in [3.05, 3.63) is 59.9 Å². The van der Waals surface area contributed by atoms with Gasteiger partial charge in [0, 0.05) is 31.3 Å². The fourth-order valence-corrected chi connectivity index (χ4v) is 3.32. The summed E-state index contributed by atoms with van der Waals surface area (Å²) in [6, 6.07) is 11.9. The molecule has 0 spiro atoms. The highest BCUT2D eigenvalue weighted by Gasteiger charge is 2.42. The number of nitrogens with zero attached hydrogens (tertiary/aromatic N) is 1. The average Bonchev–Trinajstić information content (AvgIpc) is 2.65. The number of carbonyl (C=O) groups is 1. The van der Waals surface area contributed by atoms with Crippen molar-refractivity contribution < 1.29 is 9.53 Å². The average molecular weight is 353 g/mol. The van der Waals surface area contributed by atoms with Crippen LogP contribution in [0.4, 0.5) is 0 Å². The van der Waals surface area contributed by atoms with Crippen molar-refractivity contribution in [3.8, 4) is 5.75 Å². The Hall–Kier alpha value is -2.40. The molecule has 1 aromatic heterocycles. The second-order valence-electron chi connectivity index (χ2n) is 7.09. The fraction of sp³-hybridized carbons (Fsp3) is 0.429. The molecule has 1 aliphatic rings. The number of amides is 1. The first-order valence-electron chi connectivity index (χ1n) is 9.24. The van der Waals surface area contributed by atoms with Crippen LogP contribution in [0.25, 0.3) is 0 Å². The molecule has 1 aromatic carbocycles. The van der Waals surface area contributed by atoms with E-state index in [4.69, 9.17) is 4.74 Å². The summed E-state index contributed by atoms with van der Waals surface area (Å²) >= 11 is 0. The first kappa shape index (κ1) is 18.4. The van der Waals surface area contributed by atoms with Gasteiger partial charge < -0.3 is 15.4 Å². The van der Waals surface area contributed by atoms with E-state index < -0.39 is 5.60 Å². The minimum absolute atomic E-state index is 0.0262. The standard InChI is InChI=1S/C21H27N3O2/c1-16-3-5-19(6-4-16)26-21(9-13-23-14-10-21)20(25)24-17(2)15-18-7-11-22-12-8-18/h3-8,11-12,17,23H,9-10,13-15H2,1-2H3,(H,24,25). The molecule has 1 amide bonds. The highest BCUT2D eigenvalue weighted by atomic mass is 16.5. The van der Waals surface area contributed by atoms with Crippen LogP contribution in [0.3, 0.4) is 0 Å². The zero-order valence-electron chi connectivity index (χ0n) is 15.5. The summed E-state index contributed by atoms with van der Waals surface area (Å²) in [5.74, 6) is 0.718. The number of piperidine rings is 1. The van der Waals surface area contributed by atoms with Gasteiger partial charge in [-0.2, -0.15) is 0 Å². The molecule has 1 atom stereocenters. The molecular formula is C21H27N3O2. The molecule has 2 aromatic rings. The maximum Gasteiger partial charge on any atom is 0.264 e. The van der Waals surface area contributed by atoms with Crippen molar-refractivity contribution in [2.24, 2.45) is 0 Å². The van der Waals surface area contributed by atoms with Crippen molar-refractivity contribution >= 4 is 5.91 Å². The third-order valence-electron chi connectivity index (χ3n) is 4.83. The maximum atomic E-state index is 13.1. The van der Waals surface area contributed by atoms with Gasteiger partial charge in [0.15, 0.2) is 5.60 Å². The van der Waals surface area contributed by atoms with Crippen LogP contribution in [0, 0.1) is 6.92 Å². The molecule has 2 heterocycles. The lowest BCUT2D eigenvalue weighted by Gasteiger charge is -2.37. The van der Waals surface area contributed by atoms with Crippen molar-refractivity contribution in [1.82, 2.24) is 15.6 Å². The Balaban J connectivity index is 1.69. The van der Waals surface area contributed by atoms with E-state index in [2.05, 4.69) is 15.6 Å². The van der Waals surface area contributed by atoms with E-state index in [0.29, 0.717) is 12.8 Å². The SMILES string of the molecule is Cc1ccc(OC2(C(=O)NC(C)Cc3ccncc3)CCNCC2)cc1. The van der Waals surface area contributed by atoms with E-state index >= 15 is 0 Å². The Kier molecular flexibility index (Phi) is 5.89. The number of nitrogens with one attached hydrogen (secondary N) is 2. The fourth-order valence-electron chi connectivity index (χ4n) is 3.32. The molecule has 26 heavy (non-hydrogen) atoms. The van der Waals surface area contributed by atoms with Crippen LogP contribution in [-0.4, -0.2) is 35.6 Å². The van der Waals surface area contributed by atoms with Gasteiger partial charge in [-0.3, -0.25) is 9.78 Å². The number of benzene rings is 1. The number of rotatable bonds is 6. The number of hydrogen-bond acceptors (Lipinski definition) is 4. The molecule has 0 radical (unpaired) electrons. The van der Waals surface area contributed by atoms with Gasteiger partial charge >= 0.3 is 0 Å². The number of ether oxygens (including phenoxy) is 1. The topological polar surface area (TPSA) is 63.2 Å². The van der Waals surface area contributed by atoms with Gasteiger partial charge in [0.1, 0.15) is 5.75 Å². The van der Waals surface area contributed by atoms with Gasteiger partial charge in [0.2, 0.25) is 0 Å². The van der Waals surface area contributed by atoms with Crippen LogP contribution in [0.2, 0.25) is 0 Å². The molecule has 5 heteroatoms. The second kappa shape index (κ2) is 8.32. The second-order valence-corrected chi connectivity index (χ2v) is 7.09. The predicted octanol–water partition coefficient (Wildman–Crippen LogP) is 2.64. The zero-order valence-corrected chi connectivity index (χ0v) is 15.5. The number of carbonyl (C=O) groups excluding carboxylic acids is 1. The lowest BCUT2D eigenvalue weighted by molar-refractivity contribution is -0.139. The highest BCUT2D eigenvalue weighted by Crippen LogP contribution is 2.27. The van der Waals surface area contributed by atoms with E-state index in [1.807, 2.05) is 50.2 Å².